The monoisotopic (exact) mass is 198 g/mol. The van der Waals surface area contributed by atoms with E-state index in [1.165, 1.54) is 0 Å². The average molecular weight is 198 g/mol. The molecule has 0 aromatic carbocycles. The van der Waals surface area contributed by atoms with Crippen molar-refractivity contribution in [1.82, 2.24) is 0 Å². The van der Waals surface area contributed by atoms with Crippen LogP contribution in [0.15, 0.2) is 0 Å². The number of rotatable bonds is 2. The number of carbonyl (C=O) groups is 1. The largest absolute Gasteiger partial charge is 0.396 e. The van der Waals surface area contributed by atoms with Gasteiger partial charge in [-0.15, -0.1) is 0 Å². The van der Waals surface area contributed by atoms with Crippen molar-refractivity contribution in [2.45, 2.75) is 38.2 Å². The molecule has 0 aromatic rings. The Balaban J connectivity index is 2.25. The highest BCUT2D eigenvalue weighted by Gasteiger charge is 2.58. The van der Waals surface area contributed by atoms with Crippen molar-refractivity contribution in [3.8, 4) is 0 Å². The molecule has 0 amide bonds. The van der Waals surface area contributed by atoms with E-state index in [0.29, 0.717) is 0 Å². The Morgan fingerprint density at radius 3 is 2.79 bits per heavy atom. The minimum atomic E-state index is -0.792. The van der Waals surface area contributed by atoms with Gasteiger partial charge in [-0.25, -0.2) is 0 Å². The van der Waals surface area contributed by atoms with Gasteiger partial charge in [-0.05, 0) is 18.8 Å². The highest BCUT2D eigenvalue weighted by atomic mass is 16.3. The lowest BCUT2D eigenvalue weighted by Gasteiger charge is -2.29. The summed E-state index contributed by atoms with van der Waals surface area (Å²) in [6.45, 7) is 1.96. The molecule has 2 aliphatic carbocycles. The third-order valence-corrected chi connectivity index (χ3v) is 4.22. The van der Waals surface area contributed by atoms with E-state index in [0.717, 1.165) is 19.3 Å². The third kappa shape index (κ3) is 1.15. The van der Waals surface area contributed by atoms with E-state index in [-0.39, 0.29) is 36.6 Å². The van der Waals surface area contributed by atoms with Crippen LogP contribution in [0.1, 0.15) is 32.6 Å². The molecule has 0 radical (unpaired) electrons. The first-order valence-electron chi connectivity index (χ1n) is 5.49. The molecule has 0 bridgehead atoms. The lowest BCUT2D eigenvalue weighted by Crippen LogP contribution is -2.37. The van der Waals surface area contributed by atoms with Crippen molar-refractivity contribution in [2.24, 2.45) is 17.8 Å². The van der Waals surface area contributed by atoms with Crippen LogP contribution in [0.2, 0.25) is 0 Å². The van der Waals surface area contributed by atoms with Crippen LogP contribution in [0, 0.1) is 17.8 Å². The lowest BCUT2D eigenvalue weighted by atomic mass is 9.83. The first kappa shape index (κ1) is 10.1. The summed E-state index contributed by atoms with van der Waals surface area (Å²) in [4.78, 5) is 11.6. The maximum absolute atomic E-state index is 11.6. The van der Waals surface area contributed by atoms with Gasteiger partial charge in [0.1, 0.15) is 5.78 Å². The van der Waals surface area contributed by atoms with E-state index in [9.17, 15) is 9.90 Å². The minimum Gasteiger partial charge on any atom is -0.396 e. The highest BCUT2D eigenvalue weighted by molar-refractivity contribution is 5.85. The van der Waals surface area contributed by atoms with Crippen molar-refractivity contribution in [3.63, 3.8) is 0 Å². The molecule has 3 nitrogen and oxygen atoms in total. The fourth-order valence-corrected chi connectivity index (χ4v) is 3.43. The second-order valence-electron chi connectivity index (χ2n) is 4.71. The van der Waals surface area contributed by atoms with Gasteiger partial charge in [0.2, 0.25) is 0 Å². The molecule has 0 unspecified atom stereocenters. The second-order valence-corrected chi connectivity index (χ2v) is 4.71. The molecule has 0 spiro atoms. The molecule has 0 heterocycles. The lowest BCUT2D eigenvalue weighted by molar-refractivity contribution is -0.123. The summed E-state index contributed by atoms with van der Waals surface area (Å²) in [6, 6.07) is 0. The van der Waals surface area contributed by atoms with Gasteiger partial charge in [-0.1, -0.05) is 13.3 Å². The SMILES string of the molecule is CC[C@H]1CC[C@@H]2[C@@H](CO)C(=O)C[C@]12O. The van der Waals surface area contributed by atoms with Crippen molar-refractivity contribution >= 4 is 5.78 Å². The summed E-state index contributed by atoms with van der Waals surface area (Å²) >= 11 is 0. The molecule has 2 fully saturated rings. The van der Waals surface area contributed by atoms with Crippen LogP contribution in [0.25, 0.3) is 0 Å². The smallest absolute Gasteiger partial charge is 0.141 e. The van der Waals surface area contributed by atoms with Gasteiger partial charge in [-0.3, -0.25) is 4.79 Å². The Kier molecular flexibility index (Phi) is 2.40. The number of aliphatic hydroxyl groups is 2. The van der Waals surface area contributed by atoms with Crippen LogP contribution in [-0.2, 0) is 4.79 Å². The van der Waals surface area contributed by atoms with Gasteiger partial charge in [-0.2, -0.15) is 0 Å². The molecular weight excluding hydrogens is 180 g/mol. The maximum Gasteiger partial charge on any atom is 0.141 e. The third-order valence-electron chi connectivity index (χ3n) is 4.22. The first-order chi connectivity index (χ1) is 6.63. The fraction of sp³-hybridized carbons (Fsp3) is 0.909. The van der Waals surface area contributed by atoms with E-state index < -0.39 is 5.60 Å². The van der Waals surface area contributed by atoms with Crippen molar-refractivity contribution < 1.29 is 15.0 Å². The quantitative estimate of drug-likeness (QED) is 0.688. The van der Waals surface area contributed by atoms with Crippen molar-refractivity contribution in [3.05, 3.63) is 0 Å². The van der Waals surface area contributed by atoms with Crippen molar-refractivity contribution in [1.29, 1.82) is 0 Å². The number of aliphatic hydroxyl groups excluding tert-OH is 1. The van der Waals surface area contributed by atoms with Gasteiger partial charge >= 0.3 is 0 Å². The van der Waals surface area contributed by atoms with E-state index >= 15 is 0 Å². The summed E-state index contributed by atoms with van der Waals surface area (Å²) in [5.41, 5.74) is -0.792. The average Bonchev–Trinajstić information content (AvgIpc) is 2.56. The summed E-state index contributed by atoms with van der Waals surface area (Å²) in [6.07, 6.45) is 3.09. The Hall–Kier alpha value is -0.410. The van der Waals surface area contributed by atoms with Gasteiger partial charge in [0.05, 0.1) is 12.2 Å². The van der Waals surface area contributed by atoms with Crippen LogP contribution >= 0.6 is 0 Å². The van der Waals surface area contributed by atoms with Crippen molar-refractivity contribution in [2.75, 3.05) is 6.61 Å². The molecule has 0 saturated heterocycles. The minimum absolute atomic E-state index is 0.0185. The number of fused-ring (bicyclic) bond motifs is 1. The zero-order valence-electron chi connectivity index (χ0n) is 8.57. The molecule has 0 aliphatic heterocycles. The molecule has 2 aliphatic rings. The zero-order chi connectivity index (χ0) is 10.3. The molecule has 0 aromatic heterocycles. The van der Waals surface area contributed by atoms with E-state index in [1.807, 2.05) is 0 Å². The Morgan fingerprint density at radius 2 is 2.21 bits per heavy atom. The summed E-state index contributed by atoms with van der Waals surface area (Å²) in [5, 5.41) is 19.6. The predicted octanol–water partition coefficient (Wildman–Crippen LogP) is 0.735. The molecule has 14 heavy (non-hydrogen) atoms. The van der Waals surface area contributed by atoms with Crippen LogP contribution in [0.3, 0.4) is 0 Å². The number of hydrogen-bond donors (Lipinski definition) is 2. The predicted molar refractivity (Wildman–Crippen MR) is 51.7 cm³/mol. The van der Waals surface area contributed by atoms with Gasteiger partial charge in [0.25, 0.3) is 0 Å². The van der Waals surface area contributed by atoms with Gasteiger partial charge in [0.15, 0.2) is 0 Å². The summed E-state index contributed by atoms with van der Waals surface area (Å²) in [5.74, 6) is 0.0349. The fourth-order valence-electron chi connectivity index (χ4n) is 3.43. The molecular formula is C11H18O3. The number of carbonyl (C=O) groups excluding carboxylic acids is 1. The Bertz CT molecular complexity index is 251. The van der Waals surface area contributed by atoms with Crippen LogP contribution < -0.4 is 0 Å². The number of ketones is 1. The normalized spacial score (nSPS) is 47.1. The second kappa shape index (κ2) is 3.31. The van der Waals surface area contributed by atoms with E-state index in [4.69, 9.17) is 5.11 Å². The van der Waals surface area contributed by atoms with E-state index in [1.54, 1.807) is 0 Å². The van der Waals surface area contributed by atoms with E-state index in [2.05, 4.69) is 6.92 Å². The maximum atomic E-state index is 11.6. The molecule has 2 saturated carbocycles. The molecule has 2 N–H and O–H groups in total. The Labute approximate surface area is 84.1 Å². The van der Waals surface area contributed by atoms with Crippen LogP contribution in [0.4, 0.5) is 0 Å². The number of Topliss-reactive ketones (excluding diaryl/α,β-unsaturated/α-hetero) is 1. The van der Waals surface area contributed by atoms with Crippen LogP contribution in [0.5, 0.6) is 0 Å². The highest BCUT2D eigenvalue weighted by Crippen LogP contribution is 2.52. The Morgan fingerprint density at radius 1 is 1.50 bits per heavy atom. The van der Waals surface area contributed by atoms with Gasteiger partial charge in [0, 0.05) is 18.3 Å². The van der Waals surface area contributed by atoms with Crippen LogP contribution in [-0.4, -0.2) is 28.2 Å². The summed E-state index contributed by atoms with van der Waals surface area (Å²) < 4.78 is 0. The topological polar surface area (TPSA) is 57.5 Å². The zero-order valence-corrected chi connectivity index (χ0v) is 8.57. The molecule has 4 atom stereocenters. The van der Waals surface area contributed by atoms with Gasteiger partial charge < -0.3 is 10.2 Å². The molecule has 2 rings (SSSR count). The first-order valence-corrected chi connectivity index (χ1v) is 5.49. The standard InChI is InChI=1S/C11H18O3/c1-2-7-3-4-9-8(6-12)10(13)5-11(7,9)14/h7-9,12,14H,2-6H2,1H3/t7-,8+,9+,11-/m0/s1. The summed E-state index contributed by atoms with van der Waals surface area (Å²) in [7, 11) is 0. The molecule has 3 heteroatoms. The number of hydrogen-bond acceptors (Lipinski definition) is 3. The molecule has 80 valence electrons.